The van der Waals surface area contributed by atoms with Gasteiger partial charge in [0.1, 0.15) is 6.54 Å². The lowest BCUT2D eigenvalue weighted by Gasteiger charge is -2.50. The molecule has 5 rings (SSSR count). The monoisotopic (exact) mass is 322 g/mol. The number of benzene rings is 2. The van der Waals surface area contributed by atoms with Gasteiger partial charge < -0.3 is 4.48 Å². The molecule has 4 heteroatoms. The summed E-state index contributed by atoms with van der Waals surface area (Å²) in [5.74, 6) is 0.306. The highest BCUT2D eigenvalue weighted by Crippen LogP contribution is 2.20. The number of hydrogen-bond acceptors (Lipinski definition) is 2. The van der Waals surface area contributed by atoms with Crippen LogP contribution in [0.15, 0.2) is 60.7 Å². The molecule has 24 heavy (non-hydrogen) atoms. The lowest BCUT2D eigenvalue weighted by Crippen LogP contribution is -2.68. The zero-order valence-electron chi connectivity index (χ0n) is 13.5. The second kappa shape index (κ2) is 7.78. The van der Waals surface area contributed by atoms with Gasteiger partial charge in [-0.2, -0.15) is 0 Å². The Morgan fingerprint density at radius 3 is 1.83 bits per heavy atom. The predicted octanol–water partition coefficient (Wildman–Crippen LogP) is 0.693. The van der Waals surface area contributed by atoms with Gasteiger partial charge in [-0.3, -0.25) is 9.69 Å². The first-order valence-electron chi connectivity index (χ1n) is 8.34. The van der Waals surface area contributed by atoms with Gasteiger partial charge in [-0.05, 0) is 7.85 Å². The molecule has 0 spiro atoms. The van der Waals surface area contributed by atoms with Crippen LogP contribution in [-0.4, -0.2) is 68.8 Å². The minimum absolute atomic E-state index is 0.306. The zero-order chi connectivity index (χ0) is 16.8. The molecule has 3 aliphatic heterocycles. The molecule has 2 bridgehead atoms. The van der Waals surface area contributed by atoms with Gasteiger partial charge in [-0.1, -0.05) is 60.7 Å². The number of carbonyl (C=O) groups is 1. The van der Waals surface area contributed by atoms with Gasteiger partial charge in [0, 0.05) is 25.2 Å². The van der Waals surface area contributed by atoms with Crippen LogP contribution in [0.25, 0.3) is 0 Å². The van der Waals surface area contributed by atoms with E-state index in [9.17, 15) is 4.79 Å². The highest BCUT2D eigenvalue weighted by Gasteiger charge is 2.39. The fourth-order valence-electron chi connectivity index (χ4n) is 3.33. The first kappa shape index (κ1) is 16.9. The lowest BCUT2D eigenvalue weighted by atomic mass is 9.97. The number of fused-ring (bicyclic) bond motifs is 3. The molecule has 2 aromatic rings. The molecular weight excluding hydrogens is 295 g/mol. The number of nitrogens with zero attached hydrogens (tertiary/aromatic N) is 2. The minimum Gasteiger partial charge on any atom is -0.314 e. The van der Waals surface area contributed by atoms with Crippen molar-refractivity contribution in [1.29, 1.82) is 0 Å². The Hall–Kier alpha value is -1.91. The summed E-state index contributed by atoms with van der Waals surface area (Å²) in [4.78, 5) is 14.8. The van der Waals surface area contributed by atoms with Crippen molar-refractivity contribution in [3.8, 4) is 0 Å². The van der Waals surface area contributed by atoms with E-state index >= 15 is 0 Å². The van der Waals surface area contributed by atoms with Crippen molar-refractivity contribution in [3.63, 3.8) is 0 Å². The minimum atomic E-state index is 0.306. The SMILES string of the molecule is O=C(C[N+]12CCN(CC1)CC2)c1ccccc1.[BH3-]c1ccccc1. The fraction of sp³-hybridized carbons (Fsp3) is 0.350. The summed E-state index contributed by atoms with van der Waals surface area (Å²) in [5, 5.41) is 0. The van der Waals surface area contributed by atoms with E-state index in [0.29, 0.717) is 20.2 Å². The van der Waals surface area contributed by atoms with Crippen LogP contribution in [0.2, 0.25) is 0 Å². The van der Waals surface area contributed by atoms with Crippen LogP contribution in [0.5, 0.6) is 0 Å². The average Bonchev–Trinajstić information content (AvgIpc) is 2.65. The van der Waals surface area contributed by atoms with E-state index in [1.165, 1.54) is 19.6 Å². The summed E-state index contributed by atoms with van der Waals surface area (Å²) >= 11 is 0. The highest BCUT2D eigenvalue weighted by atomic mass is 16.1. The average molecular weight is 322 g/mol. The van der Waals surface area contributed by atoms with Crippen molar-refractivity contribution in [3.05, 3.63) is 66.2 Å². The van der Waals surface area contributed by atoms with Crippen LogP contribution in [0.3, 0.4) is 0 Å². The van der Waals surface area contributed by atoms with E-state index in [4.69, 9.17) is 0 Å². The molecule has 3 saturated heterocycles. The Balaban J connectivity index is 0.000000203. The molecule has 0 N–H and O–H groups in total. The second-order valence-corrected chi connectivity index (χ2v) is 6.38. The quantitative estimate of drug-likeness (QED) is 0.471. The second-order valence-electron chi connectivity index (χ2n) is 6.38. The molecule has 3 heterocycles. The summed E-state index contributed by atoms with van der Waals surface area (Å²) < 4.78 is 1.02. The molecule has 0 unspecified atom stereocenters. The van der Waals surface area contributed by atoms with E-state index in [2.05, 4.69) is 35.2 Å². The first-order chi connectivity index (χ1) is 11.7. The summed E-state index contributed by atoms with van der Waals surface area (Å²) in [5.41, 5.74) is 2.44. The molecular formula is C20H27BN2O. The Labute approximate surface area is 145 Å². The van der Waals surface area contributed by atoms with Crippen molar-refractivity contribution in [2.45, 2.75) is 0 Å². The Kier molecular flexibility index (Phi) is 5.49. The van der Waals surface area contributed by atoms with Crippen molar-refractivity contribution < 1.29 is 9.28 Å². The van der Waals surface area contributed by atoms with Gasteiger partial charge >= 0.3 is 0 Å². The number of piperazine rings is 3. The van der Waals surface area contributed by atoms with Crippen LogP contribution in [0, 0.1) is 0 Å². The number of carbonyl (C=O) groups excluding carboxylic acids is 1. The van der Waals surface area contributed by atoms with Crippen molar-refractivity contribution in [1.82, 2.24) is 4.90 Å². The van der Waals surface area contributed by atoms with Gasteiger partial charge in [-0.25, -0.2) is 5.46 Å². The number of hydrogen-bond donors (Lipinski definition) is 0. The largest absolute Gasteiger partial charge is 0.314 e. The summed E-state index contributed by atoms with van der Waals surface area (Å²) in [6.45, 7) is 7.65. The Morgan fingerprint density at radius 2 is 1.38 bits per heavy atom. The molecule has 0 atom stereocenters. The van der Waals surface area contributed by atoms with Gasteiger partial charge in [0.05, 0.1) is 19.6 Å². The van der Waals surface area contributed by atoms with Crippen molar-refractivity contribution >= 4 is 19.1 Å². The van der Waals surface area contributed by atoms with Crippen LogP contribution in [0.4, 0.5) is 0 Å². The topological polar surface area (TPSA) is 20.3 Å². The van der Waals surface area contributed by atoms with E-state index in [-0.39, 0.29) is 0 Å². The molecule has 3 fully saturated rings. The maximum Gasteiger partial charge on any atom is 0.216 e. The van der Waals surface area contributed by atoms with Crippen LogP contribution < -0.4 is 5.46 Å². The maximum absolute atomic E-state index is 12.3. The molecule has 0 saturated carbocycles. The summed E-state index contributed by atoms with van der Waals surface area (Å²) in [6.07, 6.45) is 0. The van der Waals surface area contributed by atoms with E-state index in [0.717, 1.165) is 29.7 Å². The molecule has 0 amide bonds. The van der Waals surface area contributed by atoms with Crippen LogP contribution >= 0.6 is 0 Å². The number of Topliss-reactive ketones (excluding diaryl/α,β-unsaturated/α-hetero) is 1. The lowest BCUT2D eigenvalue weighted by molar-refractivity contribution is -0.933. The standard InChI is InChI=1S/C14H19N2O.C6H8B/c17-14(13-4-2-1-3-5-13)12-16-9-6-15(7-10-16)8-11-16;7-6-4-2-1-3-5-6/h1-5H,6-12H2;1-5H,7H3/q+1;-1. The summed E-state index contributed by atoms with van der Waals surface area (Å²) in [7, 11) is 0.446. The van der Waals surface area contributed by atoms with Gasteiger partial charge in [0.15, 0.2) is 0 Å². The third kappa shape index (κ3) is 4.34. The Morgan fingerprint density at radius 1 is 0.875 bits per heavy atom. The molecule has 3 nitrogen and oxygen atoms in total. The normalized spacial score (nSPS) is 24.8. The third-order valence-corrected chi connectivity index (χ3v) is 4.85. The van der Waals surface area contributed by atoms with Gasteiger partial charge in [0.25, 0.3) is 0 Å². The molecule has 0 aromatic heterocycles. The maximum atomic E-state index is 12.3. The van der Waals surface area contributed by atoms with Crippen molar-refractivity contribution in [2.75, 3.05) is 45.8 Å². The molecule has 0 radical (unpaired) electrons. The van der Waals surface area contributed by atoms with Crippen LogP contribution in [-0.2, 0) is 0 Å². The molecule has 0 aliphatic carbocycles. The fourth-order valence-corrected chi connectivity index (χ4v) is 3.33. The van der Waals surface area contributed by atoms with E-state index in [1.54, 1.807) is 5.46 Å². The highest BCUT2D eigenvalue weighted by molar-refractivity contribution is 6.32. The zero-order valence-corrected chi connectivity index (χ0v) is 13.5. The first-order valence-corrected chi connectivity index (χ1v) is 8.34. The number of quaternary nitrogens is 1. The molecule has 126 valence electrons. The van der Waals surface area contributed by atoms with E-state index in [1.807, 2.05) is 30.3 Å². The smallest absolute Gasteiger partial charge is 0.216 e. The third-order valence-electron chi connectivity index (χ3n) is 4.85. The molecule has 2 aromatic carbocycles. The van der Waals surface area contributed by atoms with E-state index < -0.39 is 0 Å². The predicted molar refractivity (Wildman–Crippen MR) is 103 cm³/mol. The summed E-state index contributed by atoms with van der Waals surface area (Å²) in [6, 6.07) is 20.4. The molecule has 3 aliphatic rings. The number of rotatable bonds is 3. The van der Waals surface area contributed by atoms with Crippen LogP contribution in [0.1, 0.15) is 10.4 Å². The van der Waals surface area contributed by atoms with Gasteiger partial charge in [-0.15, -0.1) is 0 Å². The van der Waals surface area contributed by atoms with Gasteiger partial charge in [0.2, 0.25) is 5.78 Å². The van der Waals surface area contributed by atoms with Crippen molar-refractivity contribution in [2.24, 2.45) is 0 Å². The number of ketones is 1. The Bertz CT molecular complexity index is 638.